The minimum atomic E-state index is -1.21. The van der Waals surface area contributed by atoms with Crippen LogP contribution < -0.4 is 4.90 Å². The van der Waals surface area contributed by atoms with Gasteiger partial charge < -0.3 is 14.4 Å². The normalized spacial score (nSPS) is 17.4. The molecule has 0 radical (unpaired) electrons. The van der Waals surface area contributed by atoms with Gasteiger partial charge in [-0.15, -0.1) is 0 Å². The molecule has 1 aromatic heterocycles. The first-order chi connectivity index (χ1) is 14.4. The molecule has 0 N–H and O–H groups in total. The molecule has 1 fully saturated rings. The van der Waals surface area contributed by atoms with Gasteiger partial charge >= 0.3 is 11.9 Å². The van der Waals surface area contributed by atoms with E-state index in [0.717, 1.165) is 12.8 Å². The molecule has 1 aromatic carbocycles. The molecule has 2 heterocycles. The van der Waals surface area contributed by atoms with Gasteiger partial charge in [-0.3, -0.25) is 9.59 Å². The third-order valence-corrected chi connectivity index (χ3v) is 4.91. The van der Waals surface area contributed by atoms with Gasteiger partial charge in [-0.2, -0.15) is 5.26 Å². The van der Waals surface area contributed by atoms with Gasteiger partial charge in [0, 0.05) is 13.1 Å². The molecular formula is C22H26N4O4. The van der Waals surface area contributed by atoms with Gasteiger partial charge in [0.25, 0.3) is 0 Å². The summed E-state index contributed by atoms with van der Waals surface area (Å²) < 4.78 is 10.5. The maximum Gasteiger partial charge on any atom is 0.329 e. The largest absolute Gasteiger partial charge is 0.466 e. The summed E-state index contributed by atoms with van der Waals surface area (Å²) in [5, 5.41) is 9.76. The molecule has 0 bridgehead atoms. The standard InChI is InChI=1S/C22H26N4O4/c1-4-29-21(27)15-8-7-11-26(13-15)20-19(16(12-23)22(28)30-14(2)3)24-17-9-5-6-10-18(17)25-20/h5-6,9-10,14-16H,4,7-8,11,13H2,1-3H3/t15-,16+/m1/s1. The monoisotopic (exact) mass is 410 g/mol. The van der Waals surface area contributed by atoms with Crippen LogP contribution in [0.2, 0.25) is 0 Å². The predicted octanol–water partition coefficient (Wildman–Crippen LogP) is 2.97. The number of nitrogens with zero attached hydrogens (tertiary/aromatic N) is 4. The van der Waals surface area contributed by atoms with Gasteiger partial charge in [-0.05, 0) is 45.7 Å². The number of carbonyl (C=O) groups is 2. The summed E-state index contributed by atoms with van der Waals surface area (Å²) in [5.74, 6) is -1.95. The average molecular weight is 410 g/mol. The van der Waals surface area contributed by atoms with E-state index in [1.54, 1.807) is 26.8 Å². The molecule has 2 aromatic rings. The highest BCUT2D eigenvalue weighted by Crippen LogP contribution is 2.31. The van der Waals surface area contributed by atoms with Crippen LogP contribution in [0.15, 0.2) is 24.3 Å². The van der Waals surface area contributed by atoms with Crippen LogP contribution in [-0.4, -0.2) is 47.7 Å². The molecule has 0 spiro atoms. The Bertz CT molecular complexity index is 969. The first kappa shape index (κ1) is 21.5. The van der Waals surface area contributed by atoms with E-state index in [2.05, 4.69) is 4.98 Å². The summed E-state index contributed by atoms with van der Waals surface area (Å²) >= 11 is 0. The number of fused-ring (bicyclic) bond motifs is 1. The summed E-state index contributed by atoms with van der Waals surface area (Å²) in [6.45, 7) is 6.61. The second kappa shape index (κ2) is 9.53. The fourth-order valence-electron chi connectivity index (χ4n) is 3.58. The van der Waals surface area contributed by atoms with Crippen LogP contribution >= 0.6 is 0 Å². The van der Waals surface area contributed by atoms with Gasteiger partial charge in [0.15, 0.2) is 11.7 Å². The van der Waals surface area contributed by atoms with Crippen LogP contribution in [0.25, 0.3) is 11.0 Å². The minimum absolute atomic E-state index is 0.242. The molecule has 158 valence electrons. The SMILES string of the molecule is CCOC(=O)[C@@H]1CCCN(c2nc3ccccc3nc2[C@H](C#N)C(=O)OC(C)C)C1. The summed E-state index contributed by atoms with van der Waals surface area (Å²) in [7, 11) is 0. The highest BCUT2D eigenvalue weighted by molar-refractivity contribution is 5.85. The Morgan fingerprint density at radius 2 is 1.97 bits per heavy atom. The smallest absolute Gasteiger partial charge is 0.329 e. The van der Waals surface area contributed by atoms with Crippen molar-refractivity contribution in [3.63, 3.8) is 0 Å². The van der Waals surface area contributed by atoms with E-state index in [0.29, 0.717) is 36.5 Å². The number of nitriles is 1. The van der Waals surface area contributed by atoms with E-state index in [4.69, 9.17) is 14.5 Å². The van der Waals surface area contributed by atoms with E-state index in [9.17, 15) is 14.9 Å². The van der Waals surface area contributed by atoms with Gasteiger partial charge in [0.2, 0.25) is 0 Å². The molecule has 0 unspecified atom stereocenters. The quantitative estimate of drug-likeness (QED) is 0.669. The lowest BCUT2D eigenvalue weighted by Crippen LogP contribution is -2.41. The Balaban J connectivity index is 2.04. The zero-order valence-electron chi connectivity index (χ0n) is 17.5. The number of hydrogen-bond acceptors (Lipinski definition) is 8. The average Bonchev–Trinajstić information content (AvgIpc) is 2.73. The van der Waals surface area contributed by atoms with Crippen molar-refractivity contribution >= 4 is 28.8 Å². The molecule has 30 heavy (non-hydrogen) atoms. The van der Waals surface area contributed by atoms with Crippen LogP contribution in [-0.2, 0) is 19.1 Å². The molecule has 3 rings (SSSR count). The van der Waals surface area contributed by atoms with Crippen molar-refractivity contribution in [3.05, 3.63) is 30.0 Å². The molecule has 1 aliphatic rings. The third-order valence-electron chi connectivity index (χ3n) is 4.91. The number of para-hydroxylation sites is 2. The second-order valence-electron chi connectivity index (χ2n) is 7.51. The summed E-state index contributed by atoms with van der Waals surface area (Å²) in [4.78, 5) is 36.1. The second-order valence-corrected chi connectivity index (χ2v) is 7.51. The number of carbonyl (C=O) groups excluding carboxylic acids is 2. The van der Waals surface area contributed by atoms with E-state index < -0.39 is 11.9 Å². The first-order valence-electron chi connectivity index (χ1n) is 10.2. The maximum absolute atomic E-state index is 12.6. The predicted molar refractivity (Wildman–Crippen MR) is 111 cm³/mol. The highest BCUT2D eigenvalue weighted by Gasteiger charge is 2.34. The lowest BCUT2D eigenvalue weighted by Gasteiger charge is -2.33. The number of hydrogen-bond donors (Lipinski definition) is 0. The van der Waals surface area contributed by atoms with Crippen molar-refractivity contribution in [2.45, 2.75) is 45.6 Å². The van der Waals surface area contributed by atoms with E-state index in [1.807, 2.05) is 29.2 Å². The topological polar surface area (TPSA) is 105 Å². The molecule has 1 aliphatic heterocycles. The Morgan fingerprint density at radius 3 is 2.60 bits per heavy atom. The fourth-order valence-corrected chi connectivity index (χ4v) is 3.58. The summed E-state index contributed by atoms with van der Waals surface area (Å²) in [6.07, 6.45) is 1.14. The van der Waals surface area contributed by atoms with Gasteiger partial charge in [-0.25, -0.2) is 9.97 Å². The van der Waals surface area contributed by atoms with Crippen molar-refractivity contribution in [2.75, 3.05) is 24.6 Å². The molecule has 8 nitrogen and oxygen atoms in total. The lowest BCUT2D eigenvalue weighted by atomic mass is 9.97. The number of esters is 2. The minimum Gasteiger partial charge on any atom is -0.466 e. The molecular weight excluding hydrogens is 384 g/mol. The van der Waals surface area contributed by atoms with Crippen molar-refractivity contribution in [3.8, 4) is 6.07 Å². The van der Waals surface area contributed by atoms with Crippen molar-refractivity contribution in [1.29, 1.82) is 5.26 Å². The maximum atomic E-state index is 12.6. The highest BCUT2D eigenvalue weighted by atomic mass is 16.5. The molecule has 0 aliphatic carbocycles. The Kier molecular flexibility index (Phi) is 6.83. The van der Waals surface area contributed by atoms with Crippen LogP contribution in [0.1, 0.15) is 45.2 Å². The number of benzene rings is 1. The number of ether oxygens (including phenoxy) is 2. The van der Waals surface area contributed by atoms with Gasteiger partial charge in [0.05, 0.1) is 35.7 Å². The van der Waals surface area contributed by atoms with Crippen LogP contribution in [0.5, 0.6) is 0 Å². The number of anilines is 1. The van der Waals surface area contributed by atoms with Gasteiger partial charge in [0.1, 0.15) is 5.69 Å². The zero-order valence-corrected chi connectivity index (χ0v) is 17.5. The Hall–Kier alpha value is -3.21. The zero-order chi connectivity index (χ0) is 21.7. The summed E-state index contributed by atoms with van der Waals surface area (Å²) in [5.41, 5.74) is 1.50. The molecule has 1 saturated heterocycles. The van der Waals surface area contributed by atoms with Crippen LogP contribution in [0.3, 0.4) is 0 Å². The number of aromatic nitrogens is 2. The summed E-state index contributed by atoms with van der Waals surface area (Å²) in [6, 6.07) is 9.32. The first-order valence-corrected chi connectivity index (χ1v) is 10.2. The van der Waals surface area contributed by atoms with Crippen molar-refractivity contribution in [1.82, 2.24) is 9.97 Å². The van der Waals surface area contributed by atoms with Gasteiger partial charge in [-0.1, -0.05) is 12.1 Å². The molecule has 0 saturated carbocycles. The fraction of sp³-hybridized carbons (Fsp3) is 0.500. The Morgan fingerprint density at radius 1 is 1.27 bits per heavy atom. The van der Waals surface area contributed by atoms with Crippen LogP contribution in [0.4, 0.5) is 5.82 Å². The van der Waals surface area contributed by atoms with Crippen molar-refractivity contribution in [2.24, 2.45) is 5.92 Å². The number of piperidine rings is 1. The van der Waals surface area contributed by atoms with E-state index >= 15 is 0 Å². The molecule has 8 heteroatoms. The van der Waals surface area contributed by atoms with E-state index in [1.165, 1.54) is 0 Å². The van der Waals surface area contributed by atoms with Crippen LogP contribution in [0, 0.1) is 17.2 Å². The Labute approximate surface area is 175 Å². The number of rotatable bonds is 6. The third kappa shape index (κ3) is 4.67. The van der Waals surface area contributed by atoms with E-state index in [-0.39, 0.29) is 23.7 Å². The lowest BCUT2D eigenvalue weighted by molar-refractivity contribution is -0.149. The molecule has 2 atom stereocenters. The van der Waals surface area contributed by atoms with Crippen molar-refractivity contribution < 1.29 is 19.1 Å². The molecule has 0 amide bonds.